The monoisotopic (exact) mass is 292 g/mol. The summed E-state index contributed by atoms with van der Waals surface area (Å²) in [6.45, 7) is 5.80. The number of rotatable bonds is 3. The van der Waals surface area contributed by atoms with Gasteiger partial charge in [-0.1, -0.05) is 30.3 Å². The lowest BCUT2D eigenvalue weighted by Crippen LogP contribution is -1.98. The van der Waals surface area contributed by atoms with Gasteiger partial charge in [-0.3, -0.25) is 9.79 Å². The first-order valence-corrected chi connectivity index (χ1v) is 7.74. The van der Waals surface area contributed by atoms with E-state index in [1.54, 1.807) is 6.07 Å². The third-order valence-electron chi connectivity index (χ3n) is 3.40. The minimum Gasteiger partial charge on any atom is -0.404 e. The smallest absolute Gasteiger partial charge is 0.404 e. The van der Waals surface area contributed by atoms with Crippen molar-refractivity contribution in [1.29, 1.82) is 0 Å². The number of phosphoric ester groups is 1. The highest BCUT2D eigenvalue weighted by atomic mass is 31.2. The average Bonchev–Trinajstić information content (AvgIpc) is 2.35. The van der Waals surface area contributed by atoms with E-state index in [9.17, 15) is 4.57 Å². The maximum Gasteiger partial charge on any atom is 0.524 e. The lowest BCUT2D eigenvalue weighted by Gasteiger charge is -2.18. The second-order valence-corrected chi connectivity index (χ2v) is 5.93. The van der Waals surface area contributed by atoms with Gasteiger partial charge in [0.1, 0.15) is 5.75 Å². The van der Waals surface area contributed by atoms with Gasteiger partial charge >= 0.3 is 7.82 Å². The van der Waals surface area contributed by atoms with Crippen molar-refractivity contribution in [3.05, 3.63) is 53.1 Å². The van der Waals surface area contributed by atoms with E-state index in [2.05, 4.69) is 0 Å². The van der Waals surface area contributed by atoms with Crippen LogP contribution in [0, 0.1) is 20.8 Å². The van der Waals surface area contributed by atoms with Crippen molar-refractivity contribution < 1.29 is 18.9 Å². The van der Waals surface area contributed by atoms with Gasteiger partial charge in [0, 0.05) is 5.56 Å². The molecule has 5 heteroatoms. The molecule has 2 rings (SSSR count). The molecule has 0 aliphatic rings. The summed E-state index contributed by atoms with van der Waals surface area (Å²) in [6, 6.07) is 11.1. The lowest BCUT2D eigenvalue weighted by atomic mass is 9.93. The Bertz CT molecular complexity index is 674. The Morgan fingerprint density at radius 1 is 1.00 bits per heavy atom. The Hall–Kier alpha value is -1.61. The fourth-order valence-electron chi connectivity index (χ4n) is 2.21. The highest BCUT2D eigenvalue weighted by molar-refractivity contribution is 7.46. The zero-order chi connectivity index (χ0) is 14.9. The van der Waals surface area contributed by atoms with Gasteiger partial charge in [-0.15, -0.1) is 0 Å². The molecule has 0 aliphatic heterocycles. The molecule has 4 nitrogen and oxygen atoms in total. The normalized spacial score (nSPS) is 11.4. The molecule has 106 valence electrons. The number of benzene rings is 2. The molecule has 0 aromatic heterocycles. The Labute approximate surface area is 118 Å². The zero-order valence-electron chi connectivity index (χ0n) is 11.6. The van der Waals surface area contributed by atoms with Crippen LogP contribution >= 0.6 is 7.82 Å². The molecule has 0 spiro atoms. The molecular formula is C15H17O4P. The van der Waals surface area contributed by atoms with E-state index in [0.717, 1.165) is 27.8 Å². The minimum absolute atomic E-state index is 0.213. The summed E-state index contributed by atoms with van der Waals surface area (Å²) in [7, 11) is -4.59. The molecule has 0 amide bonds. The van der Waals surface area contributed by atoms with Crippen molar-refractivity contribution in [2.45, 2.75) is 20.8 Å². The molecule has 0 atom stereocenters. The molecule has 0 aliphatic carbocycles. The van der Waals surface area contributed by atoms with Crippen molar-refractivity contribution in [3.63, 3.8) is 0 Å². The Morgan fingerprint density at radius 3 is 2.15 bits per heavy atom. The van der Waals surface area contributed by atoms with Crippen molar-refractivity contribution in [2.75, 3.05) is 0 Å². The molecule has 20 heavy (non-hydrogen) atoms. The van der Waals surface area contributed by atoms with E-state index in [4.69, 9.17) is 14.3 Å². The van der Waals surface area contributed by atoms with E-state index in [1.807, 2.05) is 51.1 Å². The SMILES string of the molecule is Cc1cc(OP(=O)(O)O)c(-c2ccccc2)c(C)c1C. The summed E-state index contributed by atoms with van der Waals surface area (Å²) >= 11 is 0. The Morgan fingerprint density at radius 2 is 1.60 bits per heavy atom. The van der Waals surface area contributed by atoms with Crippen LogP contribution in [0.4, 0.5) is 0 Å². The predicted molar refractivity (Wildman–Crippen MR) is 78.8 cm³/mol. The number of hydrogen-bond acceptors (Lipinski definition) is 2. The topological polar surface area (TPSA) is 66.8 Å². The summed E-state index contributed by atoms with van der Waals surface area (Å²) in [5.74, 6) is 0.213. The van der Waals surface area contributed by atoms with Crippen LogP contribution in [-0.4, -0.2) is 9.79 Å². The summed E-state index contributed by atoms with van der Waals surface area (Å²) in [5.41, 5.74) is 4.57. The van der Waals surface area contributed by atoms with Crippen LogP contribution in [0.3, 0.4) is 0 Å². The third-order valence-corrected chi connectivity index (χ3v) is 3.84. The van der Waals surface area contributed by atoms with Gasteiger partial charge in [0.15, 0.2) is 0 Å². The average molecular weight is 292 g/mol. The van der Waals surface area contributed by atoms with Crippen molar-refractivity contribution in [3.8, 4) is 16.9 Å². The molecular weight excluding hydrogens is 275 g/mol. The van der Waals surface area contributed by atoms with Gasteiger partial charge < -0.3 is 4.52 Å². The van der Waals surface area contributed by atoms with Gasteiger partial charge in [0.05, 0.1) is 0 Å². The Kier molecular flexibility index (Phi) is 4.00. The van der Waals surface area contributed by atoms with Crippen LogP contribution < -0.4 is 4.52 Å². The van der Waals surface area contributed by atoms with Crippen LogP contribution in [0.2, 0.25) is 0 Å². The number of phosphoric acid groups is 1. The first-order chi connectivity index (χ1) is 9.29. The molecule has 2 aromatic carbocycles. The van der Waals surface area contributed by atoms with E-state index >= 15 is 0 Å². The first-order valence-electron chi connectivity index (χ1n) is 6.21. The zero-order valence-corrected chi connectivity index (χ0v) is 12.5. The van der Waals surface area contributed by atoms with E-state index in [1.165, 1.54) is 0 Å². The number of hydrogen-bond donors (Lipinski definition) is 2. The first kappa shape index (κ1) is 14.8. The largest absolute Gasteiger partial charge is 0.524 e. The second-order valence-electron chi connectivity index (χ2n) is 4.76. The maximum absolute atomic E-state index is 11.2. The molecule has 0 bridgehead atoms. The van der Waals surface area contributed by atoms with Crippen LogP contribution in [0.1, 0.15) is 16.7 Å². The van der Waals surface area contributed by atoms with Crippen LogP contribution in [0.5, 0.6) is 5.75 Å². The molecule has 0 saturated carbocycles. The van der Waals surface area contributed by atoms with E-state index in [-0.39, 0.29) is 5.75 Å². The van der Waals surface area contributed by atoms with E-state index < -0.39 is 7.82 Å². The highest BCUT2D eigenvalue weighted by Gasteiger charge is 2.21. The summed E-state index contributed by atoms with van der Waals surface area (Å²) in [4.78, 5) is 18.2. The Balaban J connectivity index is 2.70. The van der Waals surface area contributed by atoms with Gasteiger partial charge in [0.25, 0.3) is 0 Å². The van der Waals surface area contributed by atoms with Gasteiger partial charge in [0.2, 0.25) is 0 Å². The molecule has 2 N–H and O–H groups in total. The van der Waals surface area contributed by atoms with Gasteiger partial charge in [-0.25, -0.2) is 4.57 Å². The van der Waals surface area contributed by atoms with E-state index in [0.29, 0.717) is 0 Å². The fraction of sp³-hybridized carbons (Fsp3) is 0.200. The van der Waals surface area contributed by atoms with Crippen molar-refractivity contribution >= 4 is 7.82 Å². The van der Waals surface area contributed by atoms with Gasteiger partial charge in [-0.05, 0) is 49.1 Å². The summed E-state index contributed by atoms with van der Waals surface area (Å²) in [6.07, 6.45) is 0. The third kappa shape index (κ3) is 3.10. The molecule has 0 heterocycles. The van der Waals surface area contributed by atoms with Crippen LogP contribution in [-0.2, 0) is 4.57 Å². The molecule has 0 unspecified atom stereocenters. The molecule has 2 aromatic rings. The maximum atomic E-state index is 11.2. The number of aryl methyl sites for hydroxylation is 1. The van der Waals surface area contributed by atoms with Gasteiger partial charge in [-0.2, -0.15) is 0 Å². The standard InChI is InChI=1S/C15H17O4P/c1-10-9-14(19-20(16,17)18)15(12(3)11(10)2)13-7-5-4-6-8-13/h4-9H,1-3H3,(H2,16,17,18). The van der Waals surface area contributed by atoms with Crippen molar-refractivity contribution in [1.82, 2.24) is 0 Å². The van der Waals surface area contributed by atoms with Crippen LogP contribution in [0.15, 0.2) is 36.4 Å². The fourth-order valence-corrected chi connectivity index (χ4v) is 2.61. The molecule has 0 radical (unpaired) electrons. The molecule has 0 saturated heterocycles. The minimum atomic E-state index is -4.59. The quantitative estimate of drug-likeness (QED) is 0.845. The second kappa shape index (κ2) is 5.41. The van der Waals surface area contributed by atoms with Crippen LogP contribution in [0.25, 0.3) is 11.1 Å². The predicted octanol–water partition coefficient (Wildman–Crippen LogP) is 3.75. The molecule has 0 fully saturated rings. The lowest BCUT2D eigenvalue weighted by molar-refractivity contribution is 0.283. The van der Waals surface area contributed by atoms with Crippen molar-refractivity contribution in [2.24, 2.45) is 0 Å². The summed E-state index contributed by atoms with van der Waals surface area (Å²) in [5, 5.41) is 0. The summed E-state index contributed by atoms with van der Waals surface area (Å²) < 4.78 is 16.0. The highest BCUT2D eigenvalue weighted by Crippen LogP contribution is 2.44.